The van der Waals surface area contributed by atoms with E-state index in [9.17, 15) is 9.59 Å². The first-order valence-corrected chi connectivity index (χ1v) is 2.24. The second-order valence-corrected chi connectivity index (χ2v) is 1.54. The summed E-state index contributed by atoms with van der Waals surface area (Å²) in [4.78, 5) is 19.6. The second-order valence-electron chi connectivity index (χ2n) is 1.54. The van der Waals surface area contributed by atoms with Gasteiger partial charge in [0.15, 0.2) is 0 Å². The summed E-state index contributed by atoms with van der Waals surface area (Å²) in [6, 6.07) is -1.29. The van der Waals surface area contributed by atoms with Crippen molar-refractivity contribution in [1.82, 2.24) is 0 Å². The number of hydrogen-bond acceptors (Lipinski definition) is 3. The third-order valence-corrected chi connectivity index (χ3v) is 0.712. The SMILES string of the molecule is N[C@@H](CC(=O)O)C(=O)O.[NaH].[NaH].[NaH]. The summed E-state index contributed by atoms with van der Waals surface area (Å²) in [7, 11) is 0. The van der Waals surface area contributed by atoms with Crippen LogP contribution in [0.15, 0.2) is 0 Å². The van der Waals surface area contributed by atoms with Crippen LogP contribution in [0.2, 0.25) is 0 Å². The van der Waals surface area contributed by atoms with E-state index in [4.69, 9.17) is 15.9 Å². The molecule has 8 heteroatoms. The molecule has 0 rings (SSSR count). The van der Waals surface area contributed by atoms with Crippen LogP contribution in [0.4, 0.5) is 0 Å². The van der Waals surface area contributed by atoms with Gasteiger partial charge in [-0.3, -0.25) is 9.59 Å². The normalized spacial score (nSPS) is 9.42. The van der Waals surface area contributed by atoms with E-state index in [1.165, 1.54) is 0 Å². The summed E-state index contributed by atoms with van der Waals surface area (Å²) < 4.78 is 0. The molecule has 0 fully saturated rings. The van der Waals surface area contributed by atoms with Crippen LogP contribution < -0.4 is 5.73 Å². The molecular weight excluding hydrogens is 195 g/mol. The van der Waals surface area contributed by atoms with Crippen molar-refractivity contribution in [1.29, 1.82) is 0 Å². The van der Waals surface area contributed by atoms with E-state index in [0.29, 0.717) is 0 Å². The van der Waals surface area contributed by atoms with E-state index >= 15 is 0 Å². The van der Waals surface area contributed by atoms with Crippen LogP contribution in [0.1, 0.15) is 6.42 Å². The van der Waals surface area contributed by atoms with Gasteiger partial charge in [0.05, 0.1) is 6.42 Å². The Labute approximate surface area is 136 Å². The fourth-order valence-electron chi connectivity index (χ4n) is 0.275. The van der Waals surface area contributed by atoms with Gasteiger partial charge in [0.2, 0.25) is 0 Å². The molecule has 0 spiro atoms. The number of rotatable bonds is 3. The molecule has 0 amide bonds. The predicted octanol–water partition coefficient (Wildman–Crippen LogP) is -3.07. The van der Waals surface area contributed by atoms with Crippen LogP contribution in [-0.2, 0) is 9.59 Å². The molecule has 0 saturated heterocycles. The Morgan fingerprint density at radius 1 is 1.17 bits per heavy atom. The van der Waals surface area contributed by atoms with E-state index in [1.54, 1.807) is 0 Å². The summed E-state index contributed by atoms with van der Waals surface area (Å²) >= 11 is 0. The summed E-state index contributed by atoms with van der Waals surface area (Å²) in [5.41, 5.74) is 4.84. The Bertz CT molecular complexity index is 142. The van der Waals surface area contributed by atoms with Gasteiger partial charge >= 0.3 is 101 Å². The van der Waals surface area contributed by atoms with Gasteiger partial charge in [-0.1, -0.05) is 0 Å². The average molecular weight is 205 g/mol. The summed E-state index contributed by atoms with van der Waals surface area (Å²) in [6.07, 6.45) is -0.532. The molecule has 0 radical (unpaired) electrons. The van der Waals surface area contributed by atoms with Gasteiger partial charge in [-0.15, -0.1) is 0 Å². The first-order valence-electron chi connectivity index (χ1n) is 2.24. The van der Waals surface area contributed by atoms with Gasteiger partial charge in [0.1, 0.15) is 6.04 Å². The average Bonchev–Trinajstić information content (AvgIpc) is 1.63. The Morgan fingerprint density at radius 2 is 1.50 bits per heavy atom. The van der Waals surface area contributed by atoms with E-state index < -0.39 is 24.4 Å². The van der Waals surface area contributed by atoms with Gasteiger partial charge < -0.3 is 15.9 Å². The first kappa shape index (κ1) is 23.6. The van der Waals surface area contributed by atoms with Gasteiger partial charge in [-0.2, -0.15) is 0 Å². The van der Waals surface area contributed by atoms with Crippen molar-refractivity contribution < 1.29 is 19.8 Å². The third-order valence-electron chi connectivity index (χ3n) is 0.712. The Balaban J connectivity index is -0.000000107. The molecule has 0 aromatic rings. The van der Waals surface area contributed by atoms with E-state index in [2.05, 4.69) is 0 Å². The maximum absolute atomic E-state index is 9.85. The van der Waals surface area contributed by atoms with Gasteiger partial charge in [0, 0.05) is 0 Å². The molecule has 0 saturated carbocycles. The number of nitrogens with two attached hydrogens (primary N) is 1. The van der Waals surface area contributed by atoms with Crippen LogP contribution in [0.3, 0.4) is 0 Å². The number of carboxylic acid groups (broad SMARTS) is 2. The fraction of sp³-hybridized carbons (Fsp3) is 0.500. The third kappa shape index (κ3) is 14.4. The molecule has 0 aliphatic carbocycles. The number of carbonyl (C=O) groups is 2. The molecule has 1 atom stereocenters. The van der Waals surface area contributed by atoms with Gasteiger partial charge in [-0.25, -0.2) is 0 Å². The zero-order chi connectivity index (χ0) is 7.44. The zero-order valence-corrected chi connectivity index (χ0v) is 4.57. The number of carboxylic acids is 2. The van der Waals surface area contributed by atoms with E-state index in [-0.39, 0.29) is 88.7 Å². The predicted molar refractivity (Wildman–Crippen MR) is 49.3 cm³/mol. The van der Waals surface area contributed by atoms with Crippen molar-refractivity contribution in [3.8, 4) is 0 Å². The topological polar surface area (TPSA) is 101 Å². The quantitative estimate of drug-likeness (QED) is 0.424. The molecule has 0 aromatic carbocycles. The standard InChI is InChI=1S/C4H7NO4.3Na.3H/c5-2(4(8)9)1-3(6)7;;;;;;/h2H,1,5H2,(H,6,7)(H,8,9);;;;;;/t2-;;;;;;/m0....../s1. The molecule has 0 heterocycles. The molecule has 0 bridgehead atoms. The van der Waals surface area contributed by atoms with E-state index in [0.717, 1.165) is 0 Å². The van der Waals surface area contributed by atoms with Crippen LogP contribution in [0, 0.1) is 0 Å². The monoisotopic (exact) mass is 205 g/mol. The van der Waals surface area contributed by atoms with Crippen LogP contribution in [-0.4, -0.2) is 117 Å². The van der Waals surface area contributed by atoms with Crippen LogP contribution in [0.25, 0.3) is 0 Å². The molecule has 12 heavy (non-hydrogen) atoms. The van der Waals surface area contributed by atoms with Crippen molar-refractivity contribution in [3.05, 3.63) is 0 Å². The minimum atomic E-state index is -1.29. The van der Waals surface area contributed by atoms with Crippen molar-refractivity contribution in [2.24, 2.45) is 5.73 Å². The molecule has 0 aromatic heterocycles. The maximum atomic E-state index is 9.85. The van der Waals surface area contributed by atoms with Crippen molar-refractivity contribution in [2.45, 2.75) is 12.5 Å². The molecule has 0 unspecified atom stereocenters. The minimum absolute atomic E-state index is 0. The van der Waals surface area contributed by atoms with Gasteiger partial charge in [0.25, 0.3) is 0 Å². The first-order chi connectivity index (χ1) is 4.04. The van der Waals surface area contributed by atoms with Crippen LogP contribution >= 0.6 is 0 Å². The summed E-state index contributed by atoms with van der Waals surface area (Å²) in [5.74, 6) is -2.50. The zero-order valence-electron chi connectivity index (χ0n) is 4.57. The molecular formula is C4H10NNa3O4. The second kappa shape index (κ2) is 12.9. The Kier molecular flexibility index (Phi) is 25.4. The Hall–Kier alpha value is 1.90. The van der Waals surface area contributed by atoms with Gasteiger partial charge in [-0.05, 0) is 0 Å². The molecule has 58 valence electrons. The van der Waals surface area contributed by atoms with E-state index in [1.807, 2.05) is 0 Å². The number of aliphatic carboxylic acids is 2. The summed E-state index contributed by atoms with van der Waals surface area (Å²) in [6.45, 7) is 0. The van der Waals surface area contributed by atoms with Crippen LogP contribution in [0.5, 0.6) is 0 Å². The molecule has 4 N–H and O–H groups in total. The van der Waals surface area contributed by atoms with Crippen molar-refractivity contribution in [2.75, 3.05) is 0 Å². The molecule has 5 nitrogen and oxygen atoms in total. The summed E-state index contributed by atoms with van der Waals surface area (Å²) in [5, 5.41) is 16.0. The molecule has 0 aliphatic heterocycles. The Morgan fingerprint density at radius 3 is 1.58 bits per heavy atom. The van der Waals surface area contributed by atoms with Crippen molar-refractivity contribution in [3.63, 3.8) is 0 Å². The molecule has 0 aliphatic rings. The van der Waals surface area contributed by atoms with Crippen molar-refractivity contribution >= 4 is 101 Å². The number of hydrogen-bond donors (Lipinski definition) is 3. The fourth-order valence-corrected chi connectivity index (χ4v) is 0.275.